The van der Waals surface area contributed by atoms with E-state index in [-0.39, 0.29) is 17.9 Å². The van der Waals surface area contributed by atoms with Crippen molar-refractivity contribution in [3.05, 3.63) is 53.5 Å². The number of nitrogens with zero attached hydrogens (tertiary/aromatic N) is 6. The predicted octanol–water partition coefficient (Wildman–Crippen LogP) is 2.99. The monoisotopic (exact) mass is 422 g/mol. The standard InChI is InChI=1S/C23H30N6O2/c1-16(2)20-13-21(26-29-15-24-25-22(20)29)23(30)28(18-9-11-27(3)12-10-18)14-17-5-7-19(31-4)8-6-17/h5-8,13,15-16,18H,9-12,14H2,1-4H3. The van der Waals surface area contributed by atoms with Gasteiger partial charge in [-0.3, -0.25) is 4.79 Å². The predicted molar refractivity (Wildman–Crippen MR) is 118 cm³/mol. The highest BCUT2D eigenvalue weighted by molar-refractivity contribution is 5.93. The number of aromatic nitrogens is 4. The van der Waals surface area contributed by atoms with Crippen molar-refractivity contribution in [3.8, 4) is 5.75 Å². The van der Waals surface area contributed by atoms with E-state index in [1.54, 1.807) is 18.0 Å². The molecule has 0 bridgehead atoms. The molecule has 3 heterocycles. The van der Waals surface area contributed by atoms with Crippen molar-refractivity contribution in [2.45, 2.75) is 45.2 Å². The average molecular weight is 423 g/mol. The molecule has 2 aromatic heterocycles. The largest absolute Gasteiger partial charge is 0.497 e. The molecule has 4 rings (SSSR count). The molecule has 0 aliphatic carbocycles. The van der Waals surface area contributed by atoms with E-state index in [2.05, 4.69) is 41.1 Å². The third-order valence-electron chi connectivity index (χ3n) is 6.04. The topological polar surface area (TPSA) is 75.9 Å². The molecule has 31 heavy (non-hydrogen) atoms. The summed E-state index contributed by atoms with van der Waals surface area (Å²) in [6.07, 6.45) is 3.45. The first kappa shape index (κ1) is 21.2. The van der Waals surface area contributed by atoms with Crippen molar-refractivity contribution in [3.63, 3.8) is 0 Å². The van der Waals surface area contributed by atoms with Crippen LogP contribution in [0.5, 0.6) is 5.75 Å². The molecule has 0 N–H and O–H groups in total. The van der Waals surface area contributed by atoms with Crippen LogP contribution in [0, 0.1) is 0 Å². The number of rotatable bonds is 6. The molecule has 3 aromatic rings. The molecule has 1 saturated heterocycles. The Labute approximate surface area is 182 Å². The summed E-state index contributed by atoms with van der Waals surface area (Å²) >= 11 is 0. The van der Waals surface area contributed by atoms with Gasteiger partial charge in [0.25, 0.3) is 5.91 Å². The van der Waals surface area contributed by atoms with Crippen LogP contribution in [0.2, 0.25) is 0 Å². The molecule has 0 radical (unpaired) electrons. The summed E-state index contributed by atoms with van der Waals surface area (Å²) in [6, 6.07) is 9.96. The minimum atomic E-state index is -0.0529. The second-order valence-corrected chi connectivity index (χ2v) is 8.55. The molecule has 8 heteroatoms. The fraction of sp³-hybridized carbons (Fsp3) is 0.478. The molecule has 1 amide bonds. The highest BCUT2D eigenvalue weighted by Gasteiger charge is 2.29. The van der Waals surface area contributed by atoms with Crippen LogP contribution in [0.3, 0.4) is 0 Å². The number of hydrogen-bond donors (Lipinski definition) is 0. The molecule has 0 spiro atoms. The summed E-state index contributed by atoms with van der Waals surface area (Å²) < 4.78 is 6.89. The Hall–Kier alpha value is -3.00. The summed E-state index contributed by atoms with van der Waals surface area (Å²) in [7, 11) is 3.78. The van der Waals surface area contributed by atoms with Gasteiger partial charge in [0.05, 0.1) is 7.11 Å². The Balaban J connectivity index is 1.68. The van der Waals surface area contributed by atoms with Gasteiger partial charge in [-0.05, 0) is 62.7 Å². The van der Waals surface area contributed by atoms with E-state index < -0.39 is 0 Å². The van der Waals surface area contributed by atoms with Crippen molar-refractivity contribution in [2.24, 2.45) is 0 Å². The van der Waals surface area contributed by atoms with Crippen LogP contribution in [-0.2, 0) is 6.54 Å². The lowest BCUT2D eigenvalue weighted by Gasteiger charge is -2.37. The van der Waals surface area contributed by atoms with Gasteiger partial charge in [0, 0.05) is 18.2 Å². The third-order valence-corrected chi connectivity index (χ3v) is 6.04. The maximum absolute atomic E-state index is 13.8. The third kappa shape index (κ3) is 4.54. The maximum Gasteiger partial charge on any atom is 0.274 e. The fourth-order valence-electron chi connectivity index (χ4n) is 4.13. The molecule has 164 valence electrons. The highest BCUT2D eigenvalue weighted by atomic mass is 16.5. The number of methoxy groups -OCH3 is 1. The summed E-state index contributed by atoms with van der Waals surface area (Å²) in [6.45, 7) is 6.67. The first-order valence-electron chi connectivity index (χ1n) is 10.8. The molecule has 0 unspecified atom stereocenters. The lowest BCUT2D eigenvalue weighted by Crippen LogP contribution is -2.46. The first-order chi connectivity index (χ1) is 15.0. The van der Waals surface area contributed by atoms with Gasteiger partial charge in [-0.15, -0.1) is 10.2 Å². The van der Waals surface area contributed by atoms with Gasteiger partial charge in [0.15, 0.2) is 5.65 Å². The van der Waals surface area contributed by atoms with Crippen LogP contribution in [0.1, 0.15) is 54.2 Å². The zero-order chi connectivity index (χ0) is 22.0. The summed E-state index contributed by atoms with van der Waals surface area (Å²) in [5.41, 5.74) is 3.18. The maximum atomic E-state index is 13.8. The molecular formula is C23H30N6O2. The lowest BCUT2D eigenvalue weighted by molar-refractivity contribution is 0.0562. The van der Waals surface area contributed by atoms with Crippen LogP contribution < -0.4 is 4.74 Å². The summed E-state index contributed by atoms with van der Waals surface area (Å²) in [4.78, 5) is 18.1. The SMILES string of the molecule is COc1ccc(CN(C(=O)c2cc(C(C)C)c3nncn3n2)C2CCN(C)CC2)cc1. The summed E-state index contributed by atoms with van der Waals surface area (Å²) in [5.74, 6) is 0.963. The van der Waals surface area contributed by atoms with E-state index in [0.29, 0.717) is 17.9 Å². The number of likely N-dealkylation sites (tertiary alicyclic amines) is 1. The zero-order valence-corrected chi connectivity index (χ0v) is 18.7. The quantitative estimate of drug-likeness (QED) is 0.608. The van der Waals surface area contributed by atoms with Crippen LogP contribution in [-0.4, -0.2) is 68.8 Å². The number of carbonyl (C=O) groups is 1. The van der Waals surface area contributed by atoms with Crippen LogP contribution in [0.25, 0.3) is 5.65 Å². The van der Waals surface area contributed by atoms with Gasteiger partial charge in [-0.2, -0.15) is 9.61 Å². The van der Waals surface area contributed by atoms with E-state index in [1.807, 2.05) is 35.2 Å². The smallest absolute Gasteiger partial charge is 0.274 e. The van der Waals surface area contributed by atoms with Crippen molar-refractivity contribution < 1.29 is 9.53 Å². The molecule has 8 nitrogen and oxygen atoms in total. The van der Waals surface area contributed by atoms with Gasteiger partial charge in [-0.25, -0.2) is 0 Å². The lowest BCUT2D eigenvalue weighted by atomic mass is 10.0. The molecule has 1 aliphatic rings. The molecule has 1 aromatic carbocycles. The van der Waals surface area contributed by atoms with Crippen LogP contribution in [0.4, 0.5) is 0 Å². The Morgan fingerprint density at radius 2 is 1.94 bits per heavy atom. The number of ether oxygens (including phenoxy) is 1. The second-order valence-electron chi connectivity index (χ2n) is 8.55. The van der Waals surface area contributed by atoms with Gasteiger partial charge < -0.3 is 14.5 Å². The molecule has 1 fully saturated rings. The minimum Gasteiger partial charge on any atom is -0.497 e. The van der Waals surface area contributed by atoms with E-state index in [0.717, 1.165) is 42.8 Å². The number of piperidine rings is 1. The van der Waals surface area contributed by atoms with Gasteiger partial charge in [-0.1, -0.05) is 26.0 Å². The average Bonchev–Trinajstić information content (AvgIpc) is 3.26. The Kier molecular flexibility index (Phi) is 6.18. The zero-order valence-electron chi connectivity index (χ0n) is 18.7. The van der Waals surface area contributed by atoms with Gasteiger partial charge in [0.2, 0.25) is 0 Å². The van der Waals surface area contributed by atoms with E-state index in [9.17, 15) is 4.79 Å². The van der Waals surface area contributed by atoms with Crippen molar-refractivity contribution in [1.29, 1.82) is 0 Å². The highest BCUT2D eigenvalue weighted by Crippen LogP contribution is 2.24. The van der Waals surface area contributed by atoms with Crippen molar-refractivity contribution in [2.75, 3.05) is 27.2 Å². The molecular weight excluding hydrogens is 392 g/mol. The van der Waals surface area contributed by atoms with Gasteiger partial charge >= 0.3 is 0 Å². The van der Waals surface area contributed by atoms with Crippen LogP contribution >= 0.6 is 0 Å². The molecule has 1 aliphatic heterocycles. The second kappa shape index (κ2) is 9.01. The molecule has 0 atom stereocenters. The van der Waals surface area contributed by atoms with Crippen molar-refractivity contribution >= 4 is 11.6 Å². The van der Waals surface area contributed by atoms with Crippen LogP contribution in [0.15, 0.2) is 36.7 Å². The minimum absolute atomic E-state index is 0.0529. The first-order valence-corrected chi connectivity index (χ1v) is 10.8. The van der Waals surface area contributed by atoms with Crippen molar-refractivity contribution in [1.82, 2.24) is 29.6 Å². The number of carbonyl (C=O) groups excluding carboxylic acids is 1. The number of benzene rings is 1. The number of hydrogen-bond acceptors (Lipinski definition) is 6. The summed E-state index contributed by atoms with van der Waals surface area (Å²) in [5, 5.41) is 12.7. The van der Waals surface area contributed by atoms with E-state index in [1.165, 1.54) is 0 Å². The number of amides is 1. The molecule has 0 saturated carbocycles. The fourth-order valence-corrected chi connectivity index (χ4v) is 4.13. The Bertz CT molecular complexity index is 1040. The van der Waals surface area contributed by atoms with E-state index >= 15 is 0 Å². The normalized spacial score (nSPS) is 15.5. The van der Waals surface area contributed by atoms with Gasteiger partial charge in [0.1, 0.15) is 17.8 Å². The Morgan fingerprint density at radius 3 is 2.58 bits per heavy atom. The Morgan fingerprint density at radius 1 is 1.23 bits per heavy atom. The van der Waals surface area contributed by atoms with E-state index in [4.69, 9.17) is 4.74 Å². The number of fused-ring (bicyclic) bond motifs is 1.